The topological polar surface area (TPSA) is 27.1 Å². The molecule has 0 saturated heterocycles. The van der Waals surface area contributed by atoms with Crippen molar-refractivity contribution < 1.29 is 4.39 Å². The largest absolute Gasteiger partial charge is 0.349 e. The van der Waals surface area contributed by atoms with Crippen molar-refractivity contribution in [2.75, 3.05) is 0 Å². The molecule has 2 heterocycles. The van der Waals surface area contributed by atoms with Crippen LogP contribution >= 0.6 is 11.3 Å². The summed E-state index contributed by atoms with van der Waals surface area (Å²) in [6, 6.07) is 7.09. The molecule has 0 radical (unpaired) electrons. The number of rotatable bonds is 3. The normalized spacial score (nSPS) is 15.7. The predicted molar refractivity (Wildman–Crippen MR) is 76.3 cm³/mol. The number of nitrogens with one attached hydrogen (secondary N) is 1. The van der Waals surface area contributed by atoms with Crippen LogP contribution in [-0.2, 0) is 13.0 Å². The zero-order valence-electron chi connectivity index (χ0n) is 10.7. The summed E-state index contributed by atoms with van der Waals surface area (Å²) in [6.07, 6.45) is 0.919. The van der Waals surface area contributed by atoms with E-state index in [-0.39, 0.29) is 11.9 Å². The predicted octanol–water partition coefficient (Wildman–Crippen LogP) is 3.66. The number of benzene rings is 1. The molecule has 0 bridgehead atoms. The van der Waals surface area contributed by atoms with E-state index in [1.54, 1.807) is 17.4 Å². The lowest BCUT2D eigenvalue weighted by molar-refractivity contribution is 0.332. The maximum Gasteiger partial charge on any atom is 0.129 e. The van der Waals surface area contributed by atoms with E-state index in [0.29, 0.717) is 12.4 Å². The summed E-state index contributed by atoms with van der Waals surface area (Å²) in [5.74, 6) is 0.174. The van der Waals surface area contributed by atoms with Gasteiger partial charge in [0.15, 0.2) is 0 Å². The van der Waals surface area contributed by atoms with E-state index in [1.165, 1.54) is 17.7 Å². The van der Waals surface area contributed by atoms with Gasteiger partial charge in [-0.3, -0.25) is 5.41 Å². The Bertz CT molecular complexity index is 607. The molecule has 1 unspecified atom stereocenters. The Balaban J connectivity index is 1.79. The summed E-state index contributed by atoms with van der Waals surface area (Å²) < 4.78 is 13.3. The molecule has 1 atom stereocenters. The molecular formula is C15H15FN2S. The molecule has 1 aromatic heterocycles. The number of nitrogens with zero attached hydrogens (tertiary/aromatic N) is 1. The summed E-state index contributed by atoms with van der Waals surface area (Å²) in [6.45, 7) is 2.83. The second-order valence-electron chi connectivity index (χ2n) is 4.96. The van der Waals surface area contributed by atoms with E-state index < -0.39 is 0 Å². The Kier molecular flexibility index (Phi) is 3.11. The molecule has 0 fully saturated rings. The van der Waals surface area contributed by atoms with Crippen LogP contribution < -0.4 is 0 Å². The van der Waals surface area contributed by atoms with Crippen molar-refractivity contribution >= 4 is 17.2 Å². The average molecular weight is 274 g/mol. The highest BCUT2D eigenvalue weighted by atomic mass is 32.1. The van der Waals surface area contributed by atoms with Gasteiger partial charge in [-0.25, -0.2) is 4.39 Å². The van der Waals surface area contributed by atoms with Crippen molar-refractivity contribution in [1.29, 1.82) is 5.41 Å². The molecule has 1 aliphatic heterocycles. The third-order valence-corrected chi connectivity index (χ3v) is 4.33. The molecule has 19 heavy (non-hydrogen) atoms. The third-order valence-electron chi connectivity index (χ3n) is 3.60. The average Bonchev–Trinajstić information content (AvgIpc) is 2.98. The molecule has 98 valence electrons. The van der Waals surface area contributed by atoms with E-state index in [0.717, 1.165) is 17.5 Å². The fourth-order valence-corrected chi connectivity index (χ4v) is 3.24. The minimum Gasteiger partial charge on any atom is -0.349 e. The molecule has 0 aliphatic carbocycles. The number of hydrogen-bond donors (Lipinski definition) is 1. The van der Waals surface area contributed by atoms with E-state index in [2.05, 4.69) is 23.8 Å². The molecule has 1 aliphatic rings. The zero-order chi connectivity index (χ0) is 13.4. The molecule has 2 aromatic rings. The van der Waals surface area contributed by atoms with Crippen LogP contribution in [0.3, 0.4) is 0 Å². The van der Waals surface area contributed by atoms with Crippen LogP contribution in [0.5, 0.6) is 0 Å². The van der Waals surface area contributed by atoms with Crippen molar-refractivity contribution in [3.8, 4) is 0 Å². The first-order valence-corrected chi connectivity index (χ1v) is 7.24. The Morgan fingerprint density at radius 3 is 3.00 bits per heavy atom. The van der Waals surface area contributed by atoms with Gasteiger partial charge in [0.1, 0.15) is 11.7 Å². The van der Waals surface area contributed by atoms with E-state index in [1.807, 2.05) is 4.90 Å². The number of halogens is 1. The van der Waals surface area contributed by atoms with Gasteiger partial charge < -0.3 is 4.90 Å². The van der Waals surface area contributed by atoms with Crippen LogP contribution in [-0.4, -0.2) is 16.8 Å². The fraction of sp³-hybridized carbons (Fsp3) is 0.267. The molecule has 1 aromatic carbocycles. The van der Waals surface area contributed by atoms with Crippen LogP contribution in [0, 0.1) is 11.2 Å². The molecular weight excluding hydrogens is 259 g/mol. The maximum absolute atomic E-state index is 13.3. The van der Waals surface area contributed by atoms with Crippen LogP contribution in [0.4, 0.5) is 4.39 Å². The van der Waals surface area contributed by atoms with Crippen molar-refractivity contribution in [1.82, 2.24) is 4.90 Å². The minimum atomic E-state index is -0.268. The number of hydrogen-bond acceptors (Lipinski definition) is 2. The second-order valence-corrected chi connectivity index (χ2v) is 5.74. The number of fused-ring (bicyclic) bond motifs is 1. The number of thiophene rings is 1. The van der Waals surface area contributed by atoms with Gasteiger partial charge in [0.2, 0.25) is 0 Å². The summed E-state index contributed by atoms with van der Waals surface area (Å²) in [5.41, 5.74) is 3.08. The van der Waals surface area contributed by atoms with Crippen LogP contribution in [0.1, 0.15) is 23.6 Å². The maximum atomic E-state index is 13.3. The van der Waals surface area contributed by atoms with Gasteiger partial charge in [-0.1, -0.05) is 6.07 Å². The van der Waals surface area contributed by atoms with Crippen LogP contribution in [0.25, 0.3) is 0 Å². The first-order chi connectivity index (χ1) is 9.15. The van der Waals surface area contributed by atoms with Gasteiger partial charge in [-0.2, -0.15) is 11.3 Å². The summed E-state index contributed by atoms with van der Waals surface area (Å²) >= 11 is 1.69. The first kappa shape index (κ1) is 12.4. The minimum absolute atomic E-state index is 0.248. The lowest BCUT2D eigenvalue weighted by Gasteiger charge is -2.25. The molecule has 3 rings (SSSR count). The summed E-state index contributed by atoms with van der Waals surface area (Å²) in [7, 11) is 0. The quantitative estimate of drug-likeness (QED) is 0.908. The van der Waals surface area contributed by atoms with Gasteiger partial charge in [-0.05, 0) is 53.4 Å². The standard InChI is InChI=1S/C15H15FN2S/c1-10(6-11-4-5-19-9-11)18-8-12-2-3-13(16)7-14(12)15(18)17/h2-5,7,9-10,17H,6,8H2,1H3. The number of amidine groups is 1. The molecule has 2 nitrogen and oxygen atoms in total. The Hall–Kier alpha value is -1.68. The van der Waals surface area contributed by atoms with Crippen molar-refractivity contribution in [2.24, 2.45) is 0 Å². The third kappa shape index (κ3) is 2.28. The Labute approximate surface area is 116 Å². The van der Waals surface area contributed by atoms with Gasteiger partial charge in [0, 0.05) is 18.2 Å². The molecule has 1 N–H and O–H groups in total. The lowest BCUT2D eigenvalue weighted by atomic mass is 10.1. The van der Waals surface area contributed by atoms with E-state index >= 15 is 0 Å². The SMILES string of the molecule is CC(Cc1ccsc1)N1Cc2ccc(F)cc2C1=N. The molecule has 0 amide bonds. The second kappa shape index (κ2) is 4.78. The van der Waals surface area contributed by atoms with E-state index in [4.69, 9.17) is 5.41 Å². The smallest absolute Gasteiger partial charge is 0.129 e. The van der Waals surface area contributed by atoms with Gasteiger partial charge in [0.25, 0.3) is 0 Å². The van der Waals surface area contributed by atoms with Crippen molar-refractivity contribution in [2.45, 2.75) is 25.9 Å². The highest BCUT2D eigenvalue weighted by Gasteiger charge is 2.28. The molecule has 0 saturated carbocycles. The van der Waals surface area contributed by atoms with Gasteiger partial charge in [-0.15, -0.1) is 0 Å². The highest BCUT2D eigenvalue weighted by molar-refractivity contribution is 7.07. The molecule has 4 heteroatoms. The summed E-state index contributed by atoms with van der Waals surface area (Å²) in [5, 5.41) is 12.4. The Morgan fingerprint density at radius 1 is 1.42 bits per heavy atom. The van der Waals surface area contributed by atoms with E-state index in [9.17, 15) is 4.39 Å². The lowest BCUT2D eigenvalue weighted by Crippen LogP contribution is -2.34. The first-order valence-electron chi connectivity index (χ1n) is 6.30. The van der Waals surface area contributed by atoms with Crippen molar-refractivity contribution in [3.05, 3.63) is 57.5 Å². The van der Waals surface area contributed by atoms with Gasteiger partial charge >= 0.3 is 0 Å². The fourth-order valence-electron chi connectivity index (χ4n) is 2.56. The zero-order valence-corrected chi connectivity index (χ0v) is 11.5. The van der Waals surface area contributed by atoms with Crippen molar-refractivity contribution in [3.63, 3.8) is 0 Å². The monoisotopic (exact) mass is 274 g/mol. The highest BCUT2D eigenvalue weighted by Crippen LogP contribution is 2.26. The van der Waals surface area contributed by atoms with Crippen LogP contribution in [0.2, 0.25) is 0 Å². The van der Waals surface area contributed by atoms with Crippen LogP contribution in [0.15, 0.2) is 35.0 Å². The Morgan fingerprint density at radius 2 is 2.26 bits per heavy atom. The summed E-state index contributed by atoms with van der Waals surface area (Å²) in [4.78, 5) is 2.04. The van der Waals surface area contributed by atoms with Gasteiger partial charge in [0.05, 0.1) is 0 Å². The molecule has 0 spiro atoms.